The fraction of sp³-hybridized carbons (Fsp3) is 0.500. The Balaban J connectivity index is 3.18. The second-order valence-corrected chi connectivity index (χ2v) is 4.31. The molecule has 0 aliphatic rings. The molecule has 1 atom stereocenters. The first kappa shape index (κ1) is 15.6. The summed E-state index contributed by atoms with van der Waals surface area (Å²) in [5.41, 5.74) is 4.97. The molecule has 0 radical (unpaired) electrons. The molecule has 0 aliphatic heterocycles. The van der Waals surface area contributed by atoms with Crippen LogP contribution < -0.4 is 5.73 Å². The third-order valence-corrected chi connectivity index (χ3v) is 3.13. The Morgan fingerprint density at radius 2 is 2.21 bits per heavy atom. The molecule has 1 rings (SSSR count). The third kappa shape index (κ3) is 3.50. The van der Waals surface area contributed by atoms with Gasteiger partial charge in [0, 0.05) is 6.54 Å². The van der Waals surface area contributed by atoms with E-state index in [4.69, 9.17) is 10.5 Å². The highest BCUT2D eigenvalue weighted by atomic mass is 19.1. The van der Waals surface area contributed by atoms with Crippen LogP contribution in [0.5, 0.6) is 0 Å². The monoisotopic (exact) mass is 271 g/mol. The van der Waals surface area contributed by atoms with Gasteiger partial charge >= 0.3 is 5.97 Å². The first-order valence-corrected chi connectivity index (χ1v) is 6.30. The summed E-state index contributed by atoms with van der Waals surface area (Å²) >= 11 is 0. The van der Waals surface area contributed by atoms with Gasteiger partial charge in [0.15, 0.2) is 0 Å². The van der Waals surface area contributed by atoms with E-state index in [1.807, 2.05) is 0 Å². The minimum absolute atomic E-state index is 0.0463. The molecule has 1 aromatic carbocycles. The summed E-state index contributed by atoms with van der Waals surface area (Å²) in [5, 5.41) is 0. The number of alkyl halides is 1. The quantitative estimate of drug-likeness (QED) is 0.774. The predicted octanol–water partition coefficient (Wildman–Crippen LogP) is 2.33. The van der Waals surface area contributed by atoms with Gasteiger partial charge in [-0.3, -0.25) is 9.18 Å². The lowest BCUT2D eigenvalue weighted by molar-refractivity contribution is -0.150. The van der Waals surface area contributed by atoms with Crippen LogP contribution in [0.25, 0.3) is 0 Å². The van der Waals surface area contributed by atoms with Gasteiger partial charge < -0.3 is 10.5 Å². The lowest BCUT2D eigenvalue weighted by atomic mass is 9.76. The maximum atomic E-state index is 13.3. The van der Waals surface area contributed by atoms with Gasteiger partial charge in [-0.1, -0.05) is 12.1 Å². The van der Waals surface area contributed by atoms with E-state index in [0.29, 0.717) is 5.56 Å². The molecule has 0 aliphatic carbocycles. The molecule has 0 heterocycles. The molecule has 1 unspecified atom stereocenters. The number of benzene rings is 1. The van der Waals surface area contributed by atoms with E-state index in [9.17, 15) is 13.6 Å². The summed E-state index contributed by atoms with van der Waals surface area (Å²) in [6.45, 7) is 1.27. The van der Waals surface area contributed by atoms with Crippen molar-refractivity contribution in [2.24, 2.45) is 5.73 Å². The molecule has 0 aromatic heterocycles. The van der Waals surface area contributed by atoms with E-state index < -0.39 is 23.9 Å². The molecule has 0 saturated carbocycles. The summed E-state index contributed by atoms with van der Waals surface area (Å²) in [6.07, 6.45) is 0.370. The number of halogens is 2. The molecule has 0 spiro atoms. The van der Waals surface area contributed by atoms with Crippen molar-refractivity contribution in [3.05, 3.63) is 35.6 Å². The minimum Gasteiger partial charge on any atom is -0.465 e. The van der Waals surface area contributed by atoms with Gasteiger partial charge in [0.05, 0.1) is 13.3 Å². The average molecular weight is 271 g/mol. The standard InChI is InChI=1S/C14H19F2NO2/c1-2-19-13(18)14(10-17,7-4-8-15)11-5-3-6-12(16)9-11/h3,5-6,9H,2,4,7-8,10,17H2,1H3. The molecule has 19 heavy (non-hydrogen) atoms. The van der Waals surface area contributed by atoms with Gasteiger partial charge in [-0.15, -0.1) is 0 Å². The molecule has 0 saturated heterocycles. The smallest absolute Gasteiger partial charge is 0.317 e. The predicted molar refractivity (Wildman–Crippen MR) is 69.0 cm³/mol. The molecule has 2 N–H and O–H groups in total. The van der Waals surface area contributed by atoms with Gasteiger partial charge in [-0.2, -0.15) is 0 Å². The Labute approximate surface area is 111 Å². The largest absolute Gasteiger partial charge is 0.465 e. The van der Waals surface area contributed by atoms with Gasteiger partial charge in [0.1, 0.15) is 11.2 Å². The lowest BCUT2D eigenvalue weighted by Crippen LogP contribution is -2.44. The Hall–Kier alpha value is -1.49. The second kappa shape index (κ2) is 7.19. The van der Waals surface area contributed by atoms with Crippen LogP contribution >= 0.6 is 0 Å². The van der Waals surface area contributed by atoms with Crippen molar-refractivity contribution >= 4 is 5.97 Å². The summed E-state index contributed by atoms with van der Waals surface area (Å²) in [6, 6.07) is 5.65. The third-order valence-electron chi connectivity index (χ3n) is 3.13. The minimum atomic E-state index is -1.18. The van der Waals surface area contributed by atoms with Crippen LogP contribution in [-0.4, -0.2) is 25.8 Å². The first-order chi connectivity index (χ1) is 9.10. The zero-order valence-corrected chi connectivity index (χ0v) is 11.0. The summed E-state index contributed by atoms with van der Waals surface area (Å²) < 4.78 is 30.8. The number of hydrogen-bond acceptors (Lipinski definition) is 3. The molecule has 0 bridgehead atoms. The molecule has 5 heteroatoms. The topological polar surface area (TPSA) is 52.3 Å². The van der Waals surface area contributed by atoms with Gasteiger partial charge in [0.25, 0.3) is 0 Å². The maximum Gasteiger partial charge on any atom is 0.317 e. The van der Waals surface area contributed by atoms with Crippen LogP contribution in [0.4, 0.5) is 8.78 Å². The zero-order chi connectivity index (χ0) is 14.3. The number of carbonyl (C=O) groups is 1. The molecule has 0 amide bonds. The average Bonchev–Trinajstić information content (AvgIpc) is 2.40. The van der Waals surface area contributed by atoms with Crippen molar-refractivity contribution in [2.45, 2.75) is 25.2 Å². The summed E-state index contributed by atoms with van der Waals surface area (Å²) in [4.78, 5) is 12.2. The molecule has 1 aromatic rings. The molecular formula is C14H19F2NO2. The lowest BCUT2D eigenvalue weighted by Gasteiger charge is -2.30. The van der Waals surface area contributed by atoms with Crippen molar-refractivity contribution in [1.82, 2.24) is 0 Å². The van der Waals surface area contributed by atoms with Crippen molar-refractivity contribution in [1.29, 1.82) is 0 Å². The molecular weight excluding hydrogens is 252 g/mol. The van der Waals surface area contributed by atoms with Crippen LogP contribution in [0.1, 0.15) is 25.3 Å². The van der Waals surface area contributed by atoms with Crippen molar-refractivity contribution < 1.29 is 18.3 Å². The Morgan fingerprint density at radius 3 is 2.74 bits per heavy atom. The number of carbonyl (C=O) groups excluding carboxylic acids is 1. The highest BCUT2D eigenvalue weighted by molar-refractivity contribution is 5.83. The maximum absolute atomic E-state index is 13.3. The summed E-state index contributed by atoms with van der Waals surface area (Å²) in [5.74, 6) is -0.989. The van der Waals surface area contributed by atoms with Crippen LogP contribution in [0.15, 0.2) is 24.3 Å². The molecule has 106 valence electrons. The number of rotatable bonds is 7. The van der Waals surface area contributed by atoms with Crippen LogP contribution in [0, 0.1) is 5.82 Å². The van der Waals surface area contributed by atoms with E-state index in [2.05, 4.69) is 0 Å². The van der Waals surface area contributed by atoms with Gasteiger partial charge in [-0.25, -0.2) is 4.39 Å². The van der Waals surface area contributed by atoms with Crippen LogP contribution in [-0.2, 0) is 14.9 Å². The normalized spacial score (nSPS) is 13.9. The summed E-state index contributed by atoms with van der Waals surface area (Å²) in [7, 11) is 0. The number of ether oxygens (including phenoxy) is 1. The SMILES string of the molecule is CCOC(=O)C(CN)(CCCF)c1cccc(F)c1. The first-order valence-electron chi connectivity index (χ1n) is 6.30. The highest BCUT2D eigenvalue weighted by Gasteiger charge is 2.40. The second-order valence-electron chi connectivity index (χ2n) is 4.31. The number of hydrogen-bond donors (Lipinski definition) is 1. The van der Waals surface area contributed by atoms with Crippen LogP contribution in [0.3, 0.4) is 0 Å². The van der Waals surface area contributed by atoms with E-state index >= 15 is 0 Å². The van der Waals surface area contributed by atoms with Crippen LogP contribution in [0.2, 0.25) is 0 Å². The fourth-order valence-corrected chi connectivity index (χ4v) is 2.09. The Bertz CT molecular complexity index is 426. The van der Waals surface area contributed by atoms with E-state index in [1.165, 1.54) is 18.2 Å². The van der Waals surface area contributed by atoms with Crippen molar-refractivity contribution in [2.75, 3.05) is 19.8 Å². The van der Waals surface area contributed by atoms with Crippen molar-refractivity contribution in [3.8, 4) is 0 Å². The highest BCUT2D eigenvalue weighted by Crippen LogP contribution is 2.31. The van der Waals surface area contributed by atoms with E-state index in [1.54, 1.807) is 13.0 Å². The number of nitrogens with two attached hydrogens (primary N) is 1. The van der Waals surface area contributed by atoms with Gasteiger partial charge in [0.2, 0.25) is 0 Å². The van der Waals surface area contributed by atoms with Gasteiger partial charge in [-0.05, 0) is 37.5 Å². The molecule has 0 fully saturated rings. The number of esters is 1. The molecule has 3 nitrogen and oxygen atoms in total. The van der Waals surface area contributed by atoms with E-state index in [0.717, 1.165) is 0 Å². The zero-order valence-electron chi connectivity index (χ0n) is 11.0. The van der Waals surface area contributed by atoms with E-state index in [-0.39, 0.29) is 26.0 Å². The fourth-order valence-electron chi connectivity index (χ4n) is 2.09. The van der Waals surface area contributed by atoms with Crippen molar-refractivity contribution in [3.63, 3.8) is 0 Å². The Morgan fingerprint density at radius 1 is 1.47 bits per heavy atom. The Kier molecular flexibility index (Phi) is 5.89.